The standard InChI is InChI=1S/C14H19F2N3O/c1-2-5-19(11-7-17-8-11)9-14(20)18-13-6-10(15)3-4-12(13)16/h3-4,6,11,17H,2,5,7-9H2,1H3,(H,18,20). The first-order valence-electron chi connectivity index (χ1n) is 6.80. The first-order valence-corrected chi connectivity index (χ1v) is 6.80. The van der Waals surface area contributed by atoms with Crippen LogP contribution in [0.2, 0.25) is 0 Å². The quantitative estimate of drug-likeness (QED) is 0.833. The molecule has 2 N–H and O–H groups in total. The zero-order chi connectivity index (χ0) is 14.5. The van der Waals surface area contributed by atoms with Crippen LogP contribution in [0.5, 0.6) is 0 Å². The summed E-state index contributed by atoms with van der Waals surface area (Å²) in [5.41, 5.74) is -0.113. The molecule has 1 aliphatic rings. The lowest BCUT2D eigenvalue weighted by Crippen LogP contribution is -2.58. The first-order chi connectivity index (χ1) is 9.60. The molecule has 1 aromatic rings. The minimum atomic E-state index is -0.632. The fourth-order valence-electron chi connectivity index (χ4n) is 2.18. The van der Waals surface area contributed by atoms with Crippen LogP contribution in [-0.4, -0.2) is 43.0 Å². The van der Waals surface area contributed by atoms with Crippen LogP contribution >= 0.6 is 0 Å². The van der Waals surface area contributed by atoms with E-state index in [1.165, 1.54) is 0 Å². The first kappa shape index (κ1) is 14.9. The normalized spacial score (nSPS) is 15.2. The molecule has 1 amide bonds. The molecular formula is C14H19F2N3O. The number of amides is 1. The van der Waals surface area contributed by atoms with Gasteiger partial charge in [0.15, 0.2) is 0 Å². The van der Waals surface area contributed by atoms with Crippen molar-refractivity contribution in [1.82, 2.24) is 10.2 Å². The third-order valence-electron chi connectivity index (χ3n) is 3.34. The minimum absolute atomic E-state index is 0.113. The second-order valence-electron chi connectivity index (χ2n) is 4.95. The average molecular weight is 283 g/mol. The van der Waals surface area contributed by atoms with E-state index in [0.717, 1.165) is 44.3 Å². The third kappa shape index (κ3) is 3.74. The number of carbonyl (C=O) groups excluding carboxylic acids is 1. The predicted molar refractivity (Wildman–Crippen MR) is 73.5 cm³/mol. The van der Waals surface area contributed by atoms with Crippen LogP contribution in [0.4, 0.5) is 14.5 Å². The number of carbonyl (C=O) groups is 1. The lowest BCUT2D eigenvalue weighted by atomic mass is 10.1. The average Bonchev–Trinajstić information content (AvgIpc) is 2.32. The van der Waals surface area contributed by atoms with Crippen molar-refractivity contribution in [3.63, 3.8) is 0 Å². The summed E-state index contributed by atoms with van der Waals surface area (Å²) in [6.45, 7) is 4.77. The van der Waals surface area contributed by atoms with Gasteiger partial charge in [0.2, 0.25) is 5.91 Å². The van der Waals surface area contributed by atoms with Gasteiger partial charge in [0, 0.05) is 25.2 Å². The Morgan fingerprint density at radius 1 is 1.45 bits per heavy atom. The van der Waals surface area contributed by atoms with Gasteiger partial charge in [0.1, 0.15) is 11.6 Å². The molecular weight excluding hydrogens is 264 g/mol. The molecule has 0 atom stereocenters. The summed E-state index contributed by atoms with van der Waals surface area (Å²) in [5, 5.41) is 5.58. The molecule has 0 bridgehead atoms. The molecule has 1 heterocycles. The van der Waals surface area contributed by atoms with Crippen LogP contribution in [0.25, 0.3) is 0 Å². The molecule has 110 valence electrons. The van der Waals surface area contributed by atoms with Gasteiger partial charge in [-0.2, -0.15) is 0 Å². The van der Waals surface area contributed by atoms with Crippen molar-refractivity contribution in [3.05, 3.63) is 29.8 Å². The van der Waals surface area contributed by atoms with Crippen molar-refractivity contribution in [2.45, 2.75) is 19.4 Å². The van der Waals surface area contributed by atoms with Crippen LogP contribution in [-0.2, 0) is 4.79 Å². The van der Waals surface area contributed by atoms with E-state index in [2.05, 4.69) is 15.5 Å². The Hall–Kier alpha value is -1.53. The number of hydrogen-bond donors (Lipinski definition) is 2. The van der Waals surface area contributed by atoms with Gasteiger partial charge < -0.3 is 10.6 Å². The van der Waals surface area contributed by atoms with E-state index < -0.39 is 11.6 Å². The number of hydrogen-bond acceptors (Lipinski definition) is 3. The molecule has 1 aromatic carbocycles. The summed E-state index contributed by atoms with van der Waals surface area (Å²) in [5.74, 6) is -1.53. The second-order valence-corrected chi connectivity index (χ2v) is 4.95. The summed E-state index contributed by atoms with van der Waals surface area (Å²) in [4.78, 5) is 14.0. The summed E-state index contributed by atoms with van der Waals surface area (Å²) in [6.07, 6.45) is 0.943. The summed E-state index contributed by atoms with van der Waals surface area (Å²) in [7, 11) is 0. The van der Waals surface area contributed by atoms with E-state index in [4.69, 9.17) is 0 Å². The van der Waals surface area contributed by atoms with E-state index in [0.29, 0.717) is 6.04 Å². The molecule has 1 saturated heterocycles. The van der Waals surface area contributed by atoms with Crippen LogP contribution in [0, 0.1) is 11.6 Å². The fourth-order valence-corrected chi connectivity index (χ4v) is 2.18. The maximum atomic E-state index is 13.4. The molecule has 0 unspecified atom stereocenters. The molecule has 0 aliphatic carbocycles. The number of benzene rings is 1. The third-order valence-corrected chi connectivity index (χ3v) is 3.34. The summed E-state index contributed by atoms with van der Waals surface area (Å²) >= 11 is 0. The molecule has 0 aromatic heterocycles. The van der Waals surface area contributed by atoms with Crippen molar-refractivity contribution in [2.75, 3.05) is 31.5 Å². The Labute approximate surface area is 117 Å². The highest BCUT2D eigenvalue weighted by atomic mass is 19.1. The summed E-state index contributed by atoms with van der Waals surface area (Å²) < 4.78 is 26.5. The van der Waals surface area contributed by atoms with Gasteiger partial charge >= 0.3 is 0 Å². The zero-order valence-electron chi connectivity index (χ0n) is 11.5. The Kier molecular flexibility index (Phi) is 5.03. The molecule has 1 aliphatic heterocycles. The van der Waals surface area contributed by atoms with Gasteiger partial charge in [-0.15, -0.1) is 0 Å². The Balaban J connectivity index is 1.94. The molecule has 2 rings (SSSR count). The highest BCUT2D eigenvalue weighted by Gasteiger charge is 2.25. The topological polar surface area (TPSA) is 44.4 Å². The molecule has 0 radical (unpaired) electrons. The number of nitrogens with zero attached hydrogens (tertiary/aromatic N) is 1. The SMILES string of the molecule is CCCN(CC(=O)Nc1cc(F)ccc1F)C1CNC1. The van der Waals surface area contributed by atoms with Crippen LogP contribution in [0.15, 0.2) is 18.2 Å². The van der Waals surface area contributed by atoms with Gasteiger partial charge in [0.05, 0.1) is 12.2 Å². The lowest BCUT2D eigenvalue weighted by molar-refractivity contribution is -0.118. The van der Waals surface area contributed by atoms with Crippen molar-refractivity contribution < 1.29 is 13.6 Å². The van der Waals surface area contributed by atoms with Crippen LogP contribution < -0.4 is 10.6 Å². The van der Waals surface area contributed by atoms with Gasteiger partial charge in [-0.05, 0) is 25.1 Å². The van der Waals surface area contributed by atoms with Crippen molar-refractivity contribution in [1.29, 1.82) is 0 Å². The monoisotopic (exact) mass is 283 g/mol. The number of anilines is 1. The largest absolute Gasteiger partial charge is 0.322 e. The smallest absolute Gasteiger partial charge is 0.238 e. The van der Waals surface area contributed by atoms with E-state index in [-0.39, 0.29) is 18.1 Å². The van der Waals surface area contributed by atoms with Crippen molar-refractivity contribution >= 4 is 11.6 Å². The van der Waals surface area contributed by atoms with Gasteiger partial charge in [-0.3, -0.25) is 9.69 Å². The second kappa shape index (κ2) is 6.76. The maximum absolute atomic E-state index is 13.4. The Morgan fingerprint density at radius 2 is 2.20 bits per heavy atom. The zero-order valence-corrected chi connectivity index (χ0v) is 11.5. The predicted octanol–water partition coefficient (Wildman–Crippen LogP) is 1.59. The van der Waals surface area contributed by atoms with E-state index in [9.17, 15) is 13.6 Å². The maximum Gasteiger partial charge on any atom is 0.238 e. The minimum Gasteiger partial charge on any atom is -0.322 e. The van der Waals surface area contributed by atoms with E-state index in [1.807, 2.05) is 6.92 Å². The number of halogens is 2. The Bertz CT molecular complexity index is 477. The molecule has 4 nitrogen and oxygen atoms in total. The molecule has 0 saturated carbocycles. The molecule has 20 heavy (non-hydrogen) atoms. The number of nitrogens with one attached hydrogen (secondary N) is 2. The molecule has 0 spiro atoms. The van der Waals surface area contributed by atoms with Gasteiger partial charge in [0.25, 0.3) is 0 Å². The van der Waals surface area contributed by atoms with Crippen LogP contribution in [0.3, 0.4) is 0 Å². The molecule has 6 heteroatoms. The van der Waals surface area contributed by atoms with Crippen molar-refractivity contribution in [2.24, 2.45) is 0 Å². The lowest BCUT2D eigenvalue weighted by Gasteiger charge is -2.37. The van der Waals surface area contributed by atoms with Crippen LogP contribution in [0.1, 0.15) is 13.3 Å². The fraction of sp³-hybridized carbons (Fsp3) is 0.500. The van der Waals surface area contributed by atoms with Crippen molar-refractivity contribution in [3.8, 4) is 0 Å². The summed E-state index contributed by atoms with van der Waals surface area (Å²) in [6, 6.07) is 3.36. The van der Waals surface area contributed by atoms with Gasteiger partial charge in [-0.1, -0.05) is 6.92 Å². The highest BCUT2D eigenvalue weighted by molar-refractivity contribution is 5.92. The number of rotatable bonds is 6. The Morgan fingerprint density at radius 3 is 2.80 bits per heavy atom. The van der Waals surface area contributed by atoms with E-state index >= 15 is 0 Å². The highest BCUT2D eigenvalue weighted by Crippen LogP contribution is 2.15. The van der Waals surface area contributed by atoms with E-state index in [1.54, 1.807) is 0 Å². The molecule has 1 fully saturated rings. The van der Waals surface area contributed by atoms with Gasteiger partial charge in [-0.25, -0.2) is 8.78 Å².